The zero-order chi connectivity index (χ0) is 28.3. The van der Waals surface area contributed by atoms with Gasteiger partial charge in [-0.05, 0) is 61.8 Å². The van der Waals surface area contributed by atoms with Gasteiger partial charge in [-0.25, -0.2) is 4.39 Å². The minimum absolute atomic E-state index is 0.00402. The van der Waals surface area contributed by atoms with Crippen LogP contribution in [0.5, 0.6) is 5.75 Å². The van der Waals surface area contributed by atoms with Crippen LogP contribution in [0.4, 0.5) is 29.1 Å². The Bertz CT molecular complexity index is 1520. The van der Waals surface area contributed by atoms with Crippen LogP contribution in [0.1, 0.15) is 34.5 Å². The lowest BCUT2D eigenvalue weighted by molar-refractivity contribution is -0.136. The highest BCUT2D eigenvalue weighted by Crippen LogP contribution is 2.41. The molecule has 0 atom stereocenters. The van der Waals surface area contributed by atoms with Gasteiger partial charge >= 0.3 is 6.18 Å². The third kappa shape index (κ3) is 6.28. The molecule has 5 rings (SSSR count). The van der Waals surface area contributed by atoms with Crippen molar-refractivity contribution in [3.63, 3.8) is 0 Å². The van der Waals surface area contributed by atoms with Crippen molar-refractivity contribution in [3.8, 4) is 5.75 Å². The number of rotatable bonds is 9. The maximum atomic E-state index is 14.3. The Hall–Kier alpha value is -3.90. The van der Waals surface area contributed by atoms with Crippen LogP contribution in [0, 0.1) is 5.82 Å². The van der Waals surface area contributed by atoms with Crippen molar-refractivity contribution < 1.29 is 27.1 Å². The van der Waals surface area contributed by atoms with Gasteiger partial charge in [0.05, 0.1) is 27.7 Å². The number of nitrogens with one attached hydrogen (secondary N) is 3. The second-order valence-electron chi connectivity index (χ2n) is 9.35. The molecule has 1 saturated heterocycles. The van der Waals surface area contributed by atoms with Crippen molar-refractivity contribution in [2.75, 3.05) is 31.5 Å². The van der Waals surface area contributed by atoms with Crippen LogP contribution in [0.3, 0.4) is 0 Å². The largest absolute Gasteiger partial charge is 0.487 e. The number of hydrogen-bond acceptors (Lipinski definition) is 6. The normalized spacial score (nSPS) is 14.0. The number of anilines is 2. The third-order valence-electron chi connectivity index (χ3n) is 6.51. The number of alkyl halides is 3. The summed E-state index contributed by atoms with van der Waals surface area (Å²) in [6.07, 6.45) is -1.58. The average Bonchev–Trinajstić information content (AvgIpc) is 3.57. The van der Waals surface area contributed by atoms with Crippen LogP contribution in [0.25, 0.3) is 10.9 Å². The predicted octanol–water partition coefficient (Wildman–Crippen LogP) is 5.92. The van der Waals surface area contributed by atoms with E-state index in [2.05, 4.69) is 30.7 Å². The van der Waals surface area contributed by atoms with Gasteiger partial charge in [0.1, 0.15) is 23.9 Å². The van der Waals surface area contributed by atoms with Gasteiger partial charge in [-0.3, -0.25) is 4.79 Å². The van der Waals surface area contributed by atoms with E-state index in [1.165, 1.54) is 24.3 Å². The molecule has 0 saturated carbocycles. The van der Waals surface area contributed by atoms with E-state index in [1.54, 1.807) is 18.2 Å². The molecule has 1 amide bonds. The van der Waals surface area contributed by atoms with Gasteiger partial charge in [-0.2, -0.15) is 18.3 Å². The van der Waals surface area contributed by atoms with Gasteiger partial charge in [-0.15, -0.1) is 5.10 Å². The molecule has 0 unspecified atom stereocenters. The van der Waals surface area contributed by atoms with Crippen LogP contribution in [-0.4, -0.2) is 52.2 Å². The number of aromatic nitrogens is 3. The molecular weight excluding hydrogens is 552 g/mol. The fourth-order valence-corrected chi connectivity index (χ4v) is 4.88. The molecule has 8 nitrogen and oxygen atoms in total. The Morgan fingerprint density at radius 2 is 1.95 bits per heavy atom. The summed E-state index contributed by atoms with van der Waals surface area (Å²) in [6, 6.07) is 10.4. The van der Waals surface area contributed by atoms with Gasteiger partial charge in [0.25, 0.3) is 5.91 Å². The third-order valence-corrected chi connectivity index (χ3v) is 6.81. The molecule has 0 spiro atoms. The maximum absolute atomic E-state index is 14.3. The molecule has 210 valence electrons. The molecule has 0 bridgehead atoms. The molecule has 1 aliphatic rings. The van der Waals surface area contributed by atoms with Crippen LogP contribution in [-0.2, 0) is 12.8 Å². The molecule has 3 heterocycles. The highest BCUT2D eigenvalue weighted by Gasteiger charge is 2.40. The Morgan fingerprint density at radius 1 is 1.15 bits per heavy atom. The Kier molecular flexibility index (Phi) is 8.08. The van der Waals surface area contributed by atoms with Gasteiger partial charge in [0, 0.05) is 18.8 Å². The average molecular weight is 577 g/mol. The fourth-order valence-electron chi connectivity index (χ4n) is 4.64. The van der Waals surface area contributed by atoms with Crippen molar-refractivity contribution in [3.05, 3.63) is 76.3 Å². The molecule has 1 aliphatic heterocycles. The quantitative estimate of drug-likeness (QED) is 0.214. The second-order valence-corrected chi connectivity index (χ2v) is 9.76. The van der Waals surface area contributed by atoms with E-state index in [-0.39, 0.29) is 34.9 Å². The highest BCUT2D eigenvalue weighted by molar-refractivity contribution is 6.32. The molecule has 1 fully saturated rings. The van der Waals surface area contributed by atoms with Gasteiger partial charge in [0.15, 0.2) is 5.82 Å². The molecule has 4 aromatic rings. The first-order valence-electron chi connectivity index (χ1n) is 12.6. The van der Waals surface area contributed by atoms with E-state index in [1.807, 2.05) is 0 Å². The maximum Gasteiger partial charge on any atom is 0.419 e. The van der Waals surface area contributed by atoms with E-state index in [4.69, 9.17) is 16.3 Å². The number of benzene rings is 2. The van der Waals surface area contributed by atoms with Gasteiger partial charge in [0.2, 0.25) is 0 Å². The minimum Gasteiger partial charge on any atom is -0.487 e. The monoisotopic (exact) mass is 576 g/mol. The van der Waals surface area contributed by atoms with E-state index in [0.29, 0.717) is 23.5 Å². The van der Waals surface area contributed by atoms with Crippen molar-refractivity contribution in [1.29, 1.82) is 0 Å². The van der Waals surface area contributed by atoms with Crippen LogP contribution >= 0.6 is 11.6 Å². The number of carbonyl (C=O) groups excluding carboxylic acids is 1. The van der Waals surface area contributed by atoms with Crippen LogP contribution < -0.4 is 15.4 Å². The number of carbonyl (C=O) groups is 1. The Labute approximate surface area is 231 Å². The van der Waals surface area contributed by atoms with Crippen molar-refractivity contribution in [1.82, 2.24) is 25.4 Å². The number of amides is 1. The van der Waals surface area contributed by atoms with Gasteiger partial charge in [-0.1, -0.05) is 23.7 Å². The van der Waals surface area contributed by atoms with Crippen molar-refractivity contribution in [2.45, 2.75) is 25.6 Å². The first-order chi connectivity index (χ1) is 19.2. The molecule has 0 aliphatic carbocycles. The SMILES string of the molecule is O=C(NCCN1CCCC1)c1[nH]c2cnnc(Nc3ccc(OCc4cccc(F)c4)c(Cl)c3)c2c1C(F)(F)F. The number of aromatic amines is 1. The van der Waals surface area contributed by atoms with E-state index >= 15 is 0 Å². The zero-order valence-corrected chi connectivity index (χ0v) is 21.9. The molecule has 0 radical (unpaired) electrons. The lowest BCUT2D eigenvalue weighted by Crippen LogP contribution is -2.34. The summed E-state index contributed by atoms with van der Waals surface area (Å²) in [4.78, 5) is 17.5. The molecule has 2 aromatic heterocycles. The van der Waals surface area contributed by atoms with E-state index < -0.39 is 29.2 Å². The molecule has 3 N–H and O–H groups in total. The van der Waals surface area contributed by atoms with E-state index in [9.17, 15) is 22.4 Å². The summed E-state index contributed by atoms with van der Waals surface area (Å²) in [7, 11) is 0. The molecule has 13 heteroatoms. The summed E-state index contributed by atoms with van der Waals surface area (Å²) in [5.74, 6) is -1.17. The Balaban J connectivity index is 1.37. The summed E-state index contributed by atoms with van der Waals surface area (Å²) < 4.78 is 61.9. The first kappa shape index (κ1) is 27.7. The lowest BCUT2D eigenvalue weighted by atomic mass is 10.1. The summed E-state index contributed by atoms with van der Waals surface area (Å²) in [5.41, 5.74) is -0.838. The number of ether oxygens (including phenoxy) is 1. The number of nitrogens with zero attached hydrogens (tertiary/aromatic N) is 3. The topological polar surface area (TPSA) is 95.2 Å². The van der Waals surface area contributed by atoms with Crippen LogP contribution in [0.2, 0.25) is 5.02 Å². The van der Waals surface area contributed by atoms with Crippen molar-refractivity contribution >= 4 is 39.9 Å². The second kappa shape index (κ2) is 11.7. The smallest absolute Gasteiger partial charge is 0.419 e. The zero-order valence-electron chi connectivity index (χ0n) is 21.1. The standard InChI is InChI=1S/C27H25ClF4N6O2/c28-19-13-18(6-7-21(19)40-15-16-4-3-5-17(29)12-16)35-25-22-20(14-34-37-25)36-24(23(22)27(30,31)32)26(39)33-8-11-38-9-1-2-10-38/h3-7,12-14,36H,1-2,8-11,15H2,(H,33,39)(H,35,37). The highest BCUT2D eigenvalue weighted by atomic mass is 35.5. The first-order valence-corrected chi connectivity index (χ1v) is 13.0. The molecule has 40 heavy (non-hydrogen) atoms. The lowest BCUT2D eigenvalue weighted by Gasteiger charge is -2.15. The van der Waals surface area contributed by atoms with Gasteiger partial charge < -0.3 is 25.3 Å². The minimum atomic E-state index is -4.86. The van der Waals surface area contributed by atoms with E-state index in [0.717, 1.165) is 32.1 Å². The van der Waals surface area contributed by atoms with Crippen LogP contribution in [0.15, 0.2) is 48.7 Å². The predicted molar refractivity (Wildman–Crippen MR) is 142 cm³/mol. The number of H-pyrrole nitrogens is 1. The number of hydrogen-bond donors (Lipinski definition) is 3. The summed E-state index contributed by atoms with van der Waals surface area (Å²) >= 11 is 6.34. The number of halogens is 5. The molecular formula is C27H25ClF4N6O2. The Morgan fingerprint density at radius 3 is 2.67 bits per heavy atom. The summed E-state index contributed by atoms with van der Waals surface area (Å²) in [5, 5.41) is 12.9. The number of likely N-dealkylation sites (tertiary alicyclic amines) is 1. The van der Waals surface area contributed by atoms with Crippen molar-refractivity contribution in [2.24, 2.45) is 0 Å². The number of fused-ring (bicyclic) bond motifs is 1. The molecule has 2 aromatic carbocycles. The fraction of sp³-hybridized carbons (Fsp3) is 0.296. The summed E-state index contributed by atoms with van der Waals surface area (Å²) in [6.45, 7) is 2.67.